The summed E-state index contributed by atoms with van der Waals surface area (Å²) in [4.78, 5) is 4.46. The number of aromatic nitrogens is 4. The van der Waals surface area contributed by atoms with Crippen molar-refractivity contribution in [2.75, 3.05) is 0 Å². The van der Waals surface area contributed by atoms with Crippen LogP contribution in [0.1, 0.15) is 30.2 Å². The third-order valence-corrected chi connectivity index (χ3v) is 3.57. The fraction of sp³-hybridized carbons (Fsp3) is 0.200. The van der Waals surface area contributed by atoms with Crippen molar-refractivity contribution in [1.29, 1.82) is 5.26 Å². The molecule has 1 aliphatic carbocycles. The van der Waals surface area contributed by atoms with Gasteiger partial charge in [-0.25, -0.2) is 9.37 Å². The molecule has 7 heteroatoms. The Morgan fingerprint density at radius 3 is 2.64 bits per heavy atom. The SMILES string of the molecule is N#Cc1n[nH]nc1-c1nc(-c2ccc(F)cc2)oc1C1CC1. The third kappa shape index (κ3) is 2.05. The minimum Gasteiger partial charge on any atom is -0.440 e. The number of hydrogen-bond donors (Lipinski definition) is 1. The first-order valence-electron chi connectivity index (χ1n) is 6.84. The second kappa shape index (κ2) is 4.77. The molecule has 1 aromatic carbocycles. The molecule has 0 unspecified atom stereocenters. The average Bonchev–Trinajstić information content (AvgIpc) is 3.11. The normalized spacial score (nSPS) is 14.0. The van der Waals surface area contributed by atoms with Gasteiger partial charge in [0.25, 0.3) is 0 Å². The van der Waals surface area contributed by atoms with Crippen LogP contribution in [0.25, 0.3) is 22.8 Å². The molecule has 1 aliphatic rings. The van der Waals surface area contributed by atoms with E-state index in [9.17, 15) is 4.39 Å². The largest absolute Gasteiger partial charge is 0.440 e. The van der Waals surface area contributed by atoms with Gasteiger partial charge in [-0.15, -0.1) is 5.10 Å². The Labute approximate surface area is 124 Å². The van der Waals surface area contributed by atoms with Gasteiger partial charge in [0.2, 0.25) is 5.89 Å². The molecule has 0 amide bonds. The zero-order valence-electron chi connectivity index (χ0n) is 11.4. The molecular weight excluding hydrogens is 285 g/mol. The van der Waals surface area contributed by atoms with Crippen LogP contribution in [0.4, 0.5) is 4.39 Å². The van der Waals surface area contributed by atoms with E-state index in [1.54, 1.807) is 12.1 Å². The summed E-state index contributed by atoms with van der Waals surface area (Å²) in [6.45, 7) is 0. The molecule has 0 aliphatic heterocycles. The van der Waals surface area contributed by atoms with Crippen LogP contribution < -0.4 is 0 Å². The van der Waals surface area contributed by atoms with E-state index in [1.807, 2.05) is 6.07 Å². The van der Waals surface area contributed by atoms with E-state index < -0.39 is 0 Å². The van der Waals surface area contributed by atoms with Gasteiger partial charge in [0.1, 0.15) is 23.3 Å². The Kier molecular flexibility index (Phi) is 2.76. The monoisotopic (exact) mass is 295 g/mol. The number of nitrogens with one attached hydrogen (secondary N) is 1. The van der Waals surface area contributed by atoms with E-state index in [-0.39, 0.29) is 11.5 Å². The first kappa shape index (κ1) is 12.7. The third-order valence-electron chi connectivity index (χ3n) is 3.57. The smallest absolute Gasteiger partial charge is 0.226 e. The van der Waals surface area contributed by atoms with Gasteiger partial charge in [-0.05, 0) is 37.1 Å². The summed E-state index contributed by atoms with van der Waals surface area (Å²) < 4.78 is 18.9. The summed E-state index contributed by atoms with van der Waals surface area (Å²) in [5.41, 5.74) is 1.78. The molecule has 6 nitrogen and oxygen atoms in total. The van der Waals surface area contributed by atoms with Crippen molar-refractivity contribution in [3.05, 3.63) is 41.5 Å². The fourth-order valence-electron chi connectivity index (χ4n) is 2.31. The van der Waals surface area contributed by atoms with E-state index in [4.69, 9.17) is 9.68 Å². The first-order valence-corrected chi connectivity index (χ1v) is 6.84. The second-order valence-electron chi connectivity index (χ2n) is 5.15. The lowest BCUT2D eigenvalue weighted by Crippen LogP contribution is -1.88. The molecule has 108 valence electrons. The van der Waals surface area contributed by atoms with Crippen LogP contribution in [0, 0.1) is 17.1 Å². The van der Waals surface area contributed by atoms with Crippen molar-refractivity contribution in [3.8, 4) is 28.9 Å². The van der Waals surface area contributed by atoms with Crippen molar-refractivity contribution < 1.29 is 8.81 Å². The predicted octanol–water partition coefficient (Wildman–Crippen LogP) is 3.01. The van der Waals surface area contributed by atoms with Gasteiger partial charge in [0.15, 0.2) is 11.4 Å². The topological polar surface area (TPSA) is 91.4 Å². The lowest BCUT2D eigenvalue weighted by Gasteiger charge is -1.94. The summed E-state index contributed by atoms with van der Waals surface area (Å²) in [6, 6.07) is 7.90. The Balaban J connectivity index is 1.85. The van der Waals surface area contributed by atoms with Crippen LogP contribution in [0.5, 0.6) is 0 Å². The van der Waals surface area contributed by atoms with Crippen molar-refractivity contribution >= 4 is 0 Å². The molecule has 3 aromatic rings. The Bertz CT molecular complexity index is 870. The van der Waals surface area contributed by atoms with Crippen LogP contribution in [-0.2, 0) is 0 Å². The molecule has 4 rings (SSSR count). The van der Waals surface area contributed by atoms with Gasteiger partial charge in [-0.2, -0.15) is 15.6 Å². The Morgan fingerprint density at radius 1 is 1.18 bits per heavy atom. The number of oxazole rings is 1. The fourth-order valence-corrected chi connectivity index (χ4v) is 2.31. The quantitative estimate of drug-likeness (QED) is 0.802. The zero-order chi connectivity index (χ0) is 15.1. The van der Waals surface area contributed by atoms with E-state index in [0.29, 0.717) is 34.5 Å². The summed E-state index contributed by atoms with van der Waals surface area (Å²) in [5.74, 6) is 1.08. The van der Waals surface area contributed by atoms with Gasteiger partial charge in [-0.3, -0.25) is 0 Å². The van der Waals surface area contributed by atoms with Crippen molar-refractivity contribution in [2.24, 2.45) is 0 Å². The standard InChI is InChI=1S/C15H10FN5O/c16-10-5-3-9(4-6-10)15-18-13(14(22-15)8-1-2-8)12-11(7-17)19-21-20-12/h3-6,8H,1-2H2,(H,19,20,21). The minimum atomic E-state index is -0.318. The number of H-pyrrole nitrogens is 1. The van der Waals surface area contributed by atoms with E-state index >= 15 is 0 Å². The number of nitriles is 1. The summed E-state index contributed by atoms with van der Waals surface area (Å²) >= 11 is 0. The molecule has 0 spiro atoms. The molecule has 0 saturated heterocycles. The van der Waals surface area contributed by atoms with Crippen LogP contribution in [0.2, 0.25) is 0 Å². The van der Waals surface area contributed by atoms with Crippen LogP contribution >= 0.6 is 0 Å². The maximum atomic E-state index is 13.0. The lowest BCUT2D eigenvalue weighted by molar-refractivity contribution is 0.521. The van der Waals surface area contributed by atoms with Crippen LogP contribution in [0.3, 0.4) is 0 Å². The van der Waals surface area contributed by atoms with Gasteiger partial charge >= 0.3 is 0 Å². The number of halogens is 1. The highest BCUT2D eigenvalue weighted by Crippen LogP contribution is 2.45. The molecule has 1 N–H and O–H groups in total. The van der Waals surface area contributed by atoms with Crippen LogP contribution in [-0.4, -0.2) is 20.4 Å². The lowest BCUT2D eigenvalue weighted by atomic mass is 10.2. The Hall–Kier alpha value is -3.01. The molecule has 2 heterocycles. The molecule has 22 heavy (non-hydrogen) atoms. The molecule has 0 radical (unpaired) electrons. The highest BCUT2D eigenvalue weighted by Gasteiger charge is 2.34. The number of rotatable bonds is 3. The van der Waals surface area contributed by atoms with Crippen molar-refractivity contribution in [3.63, 3.8) is 0 Å². The van der Waals surface area contributed by atoms with Crippen LogP contribution in [0.15, 0.2) is 28.7 Å². The summed E-state index contributed by atoms with van der Waals surface area (Å²) in [7, 11) is 0. The number of benzene rings is 1. The van der Waals surface area contributed by atoms with Gasteiger partial charge in [0, 0.05) is 11.5 Å². The van der Waals surface area contributed by atoms with Gasteiger partial charge in [-0.1, -0.05) is 0 Å². The number of nitrogens with zero attached hydrogens (tertiary/aromatic N) is 4. The van der Waals surface area contributed by atoms with Gasteiger partial charge in [0.05, 0.1) is 0 Å². The van der Waals surface area contributed by atoms with Crippen molar-refractivity contribution in [2.45, 2.75) is 18.8 Å². The first-order chi connectivity index (χ1) is 10.8. The van der Waals surface area contributed by atoms with Gasteiger partial charge < -0.3 is 4.42 Å². The van der Waals surface area contributed by atoms with Crippen molar-refractivity contribution in [1.82, 2.24) is 20.4 Å². The maximum Gasteiger partial charge on any atom is 0.226 e. The molecule has 0 atom stereocenters. The molecule has 1 saturated carbocycles. The summed E-state index contributed by atoms with van der Waals surface area (Å²) in [6.07, 6.45) is 2.04. The average molecular weight is 295 g/mol. The molecule has 1 fully saturated rings. The zero-order valence-corrected chi connectivity index (χ0v) is 11.4. The molecule has 0 bridgehead atoms. The molecule has 2 aromatic heterocycles. The highest BCUT2D eigenvalue weighted by molar-refractivity contribution is 5.67. The van der Waals surface area contributed by atoms with E-state index in [2.05, 4.69) is 20.4 Å². The van der Waals surface area contributed by atoms with E-state index in [1.165, 1.54) is 12.1 Å². The highest BCUT2D eigenvalue weighted by atomic mass is 19.1. The predicted molar refractivity (Wildman–Crippen MR) is 74.0 cm³/mol. The minimum absolute atomic E-state index is 0.181. The number of hydrogen-bond acceptors (Lipinski definition) is 5. The summed E-state index contributed by atoms with van der Waals surface area (Å²) in [5, 5.41) is 19.3. The second-order valence-corrected chi connectivity index (χ2v) is 5.15. The van der Waals surface area contributed by atoms with E-state index in [0.717, 1.165) is 12.8 Å². The molecular formula is C15H10FN5O. The maximum absolute atomic E-state index is 13.0. The Morgan fingerprint density at radius 2 is 1.95 bits per heavy atom. The number of aromatic amines is 1.